The Labute approximate surface area is 117 Å². The molecule has 1 aliphatic carbocycles. The van der Waals surface area contributed by atoms with Gasteiger partial charge in [0.1, 0.15) is 5.75 Å². The first-order valence-electron chi connectivity index (χ1n) is 7.64. The quantitative estimate of drug-likeness (QED) is 0.802. The highest BCUT2D eigenvalue weighted by molar-refractivity contribution is 5.30. The molecule has 0 spiro atoms. The Bertz CT molecular complexity index is 363. The maximum Gasteiger partial charge on any atom is 0.118 e. The number of ether oxygens (including phenoxy) is 1. The Morgan fingerprint density at radius 1 is 1.16 bits per heavy atom. The van der Waals surface area contributed by atoms with E-state index < -0.39 is 0 Å². The largest absolute Gasteiger partial charge is 0.497 e. The van der Waals surface area contributed by atoms with Crippen LogP contribution < -0.4 is 10.1 Å². The van der Waals surface area contributed by atoms with Crippen LogP contribution in [0.5, 0.6) is 5.75 Å². The van der Waals surface area contributed by atoms with E-state index in [4.69, 9.17) is 4.74 Å². The van der Waals surface area contributed by atoms with Crippen LogP contribution in [0.25, 0.3) is 0 Å². The van der Waals surface area contributed by atoms with Gasteiger partial charge in [0.15, 0.2) is 0 Å². The highest BCUT2D eigenvalue weighted by Crippen LogP contribution is 2.37. The molecule has 1 fully saturated rings. The SMILES string of the molecule is CCC(CC)CNC1CC(c2ccc(OC)cc2)C1. The Kier molecular flexibility index (Phi) is 5.26. The smallest absolute Gasteiger partial charge is 0.118 e. The molecule has 1 saturated carbocycles. The molecule has 1 N–H and O–H groups in total. The molecular weight excluding hydrogens is 234 g/mol. The maximum atomic E-state index is 5.20. The van der Waals surface area contributed by atoms with Crippen LogP contribution in [0.15, 0.2) is 24.3 Å². The summed E-state index contributed by atoms with van der Waals surface area (Å²) in [7, 11) is 1.72. The molecule has 2 nitrogen and oxygen atoms in total. The first-order chi connectivity index (χ1) is 9.26. The predicted molar refractivity (Wildman–Crippen MR) is 80.8 cm³/mol. The molecule has 106 valence electrons. The highest BCUT2D eigenvalue weighted by atomic mass is 16.5. The summed E-state index contributed by atoms with van der Waals surface area (Å²) in [4.78, 5) is 0. The number of rotatable bonds is 7. The molecule has 1 aliphatic rings. The molecule has 0 saturated heterocycles. The van der Waals surface area contributed by atoms with E-state index in [0.29, 0.717) is 0 Å². The lowest BCUT2D eigenvalue weighted by Crippen LogP contribution is -2.42. The fourth-order valence-electron chi connectivity index (χ4n) is 2.84. The van der Waals surface area contributed by atoms with E-state index in [-0.39, 0.29) is 0 Å². The lowest BCUT2D eigenvalue weighted by atomic mass is 9.75. The molecule has 0 bridgehead atoms. The topological polar surface area (TPSA) is 21.3 Å². The van der Waals surface area contributed by atoms with Crippen LogP contribution in [-0.2, 0) is 0 Å². The molecule has 2 heteroatoms. The molecule has 19 heavy (non-hydrogen) atoms. The lowest BCUT2D eigenvalue weighted by molar-refractivity contribution is 0.272. The van der Waals surface area contributed by atoms with Crippen LogP contribution in [0.2, 0.25) is 0 Å². The molecule has 0 aromatic heterocycles. The van der Waals surface area contributed by atoms with Gasteiger partial charge in [-0.25, -0.2) is 0 Å². The fraction of sp³-hybridized carbons (Fsp3) is 0.647. The average molecular weight is 261 g/mol. The third-order valence-corrected chi connectivity index (χ3v) is 4.58. The Morgan fingerprint density at radius 2 is 1.79 bits per heavy atom. The van der Waals surface area contributed by atoms with E-state index in [9.17, 15) is 0 Å². The van der Waals surface area contributed by atoms with Crippen molar-refractivity contribution in [2.75, 3.05) is 13.7 Å². The first kappa shape index (κ1) is 14.4. The standard InChI is InChI=1S/C17H27NO/c1-4-13(5-2)12-18-16-10-15(11-16)14-6-8-17(19-3)9-7-14/h6-9,13,15-16,18H,4-5,10-12H2,1-3H3. The number of methoxy groups -OCH3 is 1. The summed E-state index contributed by atoms with van der Waals surface area (Å²) in [6.45, 7) is 5.76. The number of hydrogen-bond donors (Lipinski definition) is 1. The van der Waals surface area contributed by atoms with Gasteiger partial charge in [-0.05, 0) is 48.9 Å². The molecule has 2 rings (SSSR count). The van der Waals surface area contributed by atoms with Gasteiger partial charge < -0.3 is 10.1 Å². The maximum absolute atomic E-state index is 5.20. The van der Waals surface area contributed by atoms with Crippen LogP contribution in [0.1, 0.15) is 51.0 Å². The second kappa shape index (κ2) is 6.95. The predicted octanol–water partition coefficient (Wildman–Crippen LogP) is 3.97. The molecule has 0 unspecified atom stereocenters. The lowest BCUT2D eigenvalue weighted by Gasteiger charge is -2.37. The minimum atomic E-state index is 0.729. The zero-order chi connectivity index (χ0) is 13.7. The molecule has 1 aromatic carbocycles. The molecule has 0 aliphatic heterocycles. The second-order valence-electron chi connectivity index (χ2n) is 5.73. The van der Waals surface area contributed by atoms with Gasteiger partial charge in [-0.2, -0.15) is 0 Å². The van der Waals surface area contributed by atoms with E-state index >= 15 is 0 Å². The highest BCUT2D eigenvalue weighted by Gasteiger charge is 2.29. The van der Waals surface area contributed by atoms with Crippen molar-refractivity contribution in [3.8, 4) is 5.75 Å². The van der Waals surface area contributed by atoms with Crippen LogP contribution in [0.3, 0.4) is 0 Å². The molecule has 0 heterocycles. The van der Waals surface area contributed by atoms with Crippen molar-refractivity contribution in [2.24, 2.45) is 5.92 Å². The molecule has 0 amide bonds. The minimum Gasteiger partial charge on any atom is -0.497 e. The molecule has 1 aromatic rings. The first-order valence-corrected chi connectivity index (χ1v) is 7.64. The van der Waals surface area contributed by atoms with Crippen LogP contribution in [0, 0.1) is 5.92 Å². The van der Waals surface area contributed by atoms with Crippen molar-refractivity contribution in [1.82, 2.24) is 5.32 Å². The average Bonchev–Trinajstić information content (AvgIpc) is 2.42. The Hall–Kier alpha value is -1.02. The van der Waals surface area contributed by atoms with Crippen molar-refractivity contribution in [1.29, 1.82) is 0 Å². The zero-order valence-electron chi connectivity index (χ0n) is 12.5. The van der Waals surface area contributed by atoms with Crippen molar-refractivity contribution < 1.29 is 4.74 Å². The van der Waals surface area contributed by atoms with Crippen LogP contribution in [-0.4, -0.2) is 19.7 Å². The molecule has 0 atom stereocenters. The van der Waals surface area contributed by atoms with Gasteiger partial charge in [-0.3, -0.25) is 0 Å². The molecular formula is C17H27NO. The Balaban J connectivity index is 1.73. The van der Waals surface area contributed by atoms with Crippen molar-refractivity contribution in [3.05, 3.63) is 29.8 Å². The van der Waals surface area contributed by atoms with Gasteiger partial charge >= 0.3 is 0 Å². The summed E-state index contributed by atoms with van der Waals surface area (Å²) in [6, 6.07) is 9.29. The van der Waals surface area contributed by atoms with Crippen molar-refractivity contribution in [3.63, 3.8) is 0 Å². The van der Waals surface area contributed by atoms with E-state index in [1.165, 1.54) is 37.8 Å². The number of benzene rings is 1. The monoisotopic (exact) mass is 261 g/mol. The van der Waals surface area contributed by atoms with Gasteiger partial charge in [-0.15, -0.1) is 0 Å². The van der Waals surface area contributed by atoms with E-state index in [1.54, 1.807) is 7.11 Å². The van der Waals surface area contributed by atoms with Gasteiger partial charge in [0.25, 0.3) is 0 Å². The van der Waals surface area contributed by atoms with Gasteiger partial charge in [-0.1, -0.05) is 38.8 Å². The van der Waals surface area contributed by atoms with Crippen LogP contribution >= 0.6 is 0 Å². The van der Waals surface area contributed by atoms with Gasteiger partial charge in [0.05, 0.1) is 7.11 Å². The zero-order valence-corrected chi connectivity index (χ0v) is 12.5. The van der Waals surface area contributed by atoms with E-state index in [0.717, 1.165) is 23.6 Å². The van der Waals surface area contributed by atoms with Crippen molar-refractivity contribution in [2.45, 2.75) is 51.5 Å². The summed E-state index contributed by atoms with van der Waals surface area (Å²) in [5.74, 6) is 2.54. The summed E-state index contributed by atoms with van der Waals surface area (Å²) in [5, 5.41) is 3.72. The number of nitrogens with one attached hydrogen (secondary N) is 1. The summed E-state index contributed by atoms with van der Waals surface area (Å²) in [5.41, 5.74) is 1.46. The third-order valence-electron chi connectivity index (χ3n) is 4.58. The fourth-order valence-corrected chi connectivity index (χ4v) is 2.84. The Morgan fingerprint density at radius 3 is 2.32 bits per heavy atom. The molecule has 0 radical (unpaired) electrons. The summed E-state index contributed by atoms with van der Waals surface area (Å²) < 4.78 is 5.20. The van der Waals surface area contributed by atoms with E-state index in [1.807, 2.05) is 0 Å². The summed E-state index contributed by atoms with van der Waals surface area (Å²) in [6.07, 6.45) is 5.15. The summed E-state index contributed by atoms with van der Waals surface area (Å²) >= 11 is 0. The van der Waals surface area contributed by atoms with E-state index in [2.05, 4.69) is 43.4 Å². The van der Waals surface area contributed by atoms with Crippen molar-refractivity contribution >= 4 is 0 Å². The number of hydrogen-bond acceptors (Lipinski definition) is 2. The minimum absolute atomic E-state index is 0.729. The van der Waals surface area contributed by atoms with Gasteiger partial charge in [0.2, 0.25) is 0 Å². The van der Waals surface area contributed by atoms with Gasteiger partial charge in [0, 0.05) is 6.04 Å². The second-order valence-corrected chi connectivity index (χ2v) is 5.73. The van der Waals surface area contributed by atoms with Crippen LogP contribution in [0.4, 0.5) is 0 Å². The normalized spacial score (nSPS) is 22.3. The third kappa shape index (κ3) is 3.73.